The summed E-state index contributed by atoms with van der Waals surface area (Å²) in [5, 5.41) is 5.67. The molecule has 0 atom stereocenters. The summed E-state index contributed by atoms with van der Waals surface area (Å²) in [5.41, 5.74) is 3.55. The Morgan fingerprint density at radius 2 is 1.58 bits per heavy atom. The van der Waals surface area contributed by atoms with Crippen LogP contribution in [0.1, 0.15) is 40.1 Å². The van der Waals surface area contributed by atoms with Crippen LogP contribution in [-0.2, 0) is 10.0 Å². The summed E-state index contributed by atoms with van der Waals surface area (Å²) in [6.45, 7) is 5.51. The van der Waals surface area contributed by atoms with E-state index in [9.17, 15) is 18.0 Å². The zero-order chi connectivity index (χ0) is 23.9. The fraction of sp³-hybridized carbons (Fsp3) is 0.200. The van der Waals surface area contributed by atoms with Crippen molar-refractivity contribution in [1.82, 2.24) is 5.32 Å². The van der Waals surface area contributed by atoms with Crippen LogP contribution in [0.3, 0.4) is 0 Å². The molecule has 33 heavy (non-hydrogen) atoms. The van der Waals surface area contributed by atoms with Gasteiger partial charge in [-0.05, 0) is 56.7 Å². The first-order valence-electron chi connectivity index (χ1n) is 10.6. The fourth-order valence-corrected chi connectivity index (χ4v) is 5.52. The van der Waals surface area contributed by atoms with E-state index in [1.165, 1.54) is 11.4 Å². The molecule has 1 aliphatic heterocycles. The van der Waals surface area contributed by atoms with E-state index in [4.69, 9.17) is 0 Å². The average molecular weight is 464 g/mol. The summed E-state index contributed by atoms with van der Waals surface area (Å²) in [7, 11) is -2.16. The molecule has 4 rings (SSSR count). The third-order valence-electron chi connectivity index (χ3n) is 5.53. The van der Waals surface area contributed by atoms with Crippen molar-refractivity contribution < 1.29 is 18.0 Å². The maximum atomic E-state index is 13.2. The highest BCUT2D eigenvalue weighted by atomic mass is 32.2. The molecule has 170 valence electrons. The van der Waals surface area contributed by atoms with Crippen molar-refractivity contribution in [2.24, 2.45) is 0 Å². The molecule has 0 fully saturated rings. The molecule has 2 amide bonds. The number of carbonyl (C=O) groups excluding carboxylic acids is 2. The van der Waals surface area contributed by atoms with Gasteiger partial charge in [0.15, 0.2) is 0 Å². The van der Waals surface area contributed by atoms with E-state index in [-0.39, 0.29) is 22.8 Å². The van der Waals surface area contributed by atoms with Crippen molar-refractivity contribution >= 4 is 33.2 Å². The molecule has 7 nitrogen and oxygen atoms in total. The Morgan fingerprint density at radius 1 is 0.909 bits per heavy atom. The van der Waals surface area contributed by atoms with Crippen LogP contribution in [0.5, 0.6) is 0 Å². The van der Waals surface area contributed by atoms with Crippen LogP contribution in [0.25, 0.3) is 11.1 Å². The Morgan fingerprint density at radius 3 is 2.30 bits per heavy atom. The van der Waals surface area contributed by atoms with E-state index >= 15 is 0 Å². The van der Waals surface area contributed by atoms with Crippen LogP contribution in [0.15, 0.2) is 65.6 Å². The third-order valence-corrected chi connectivity index (χ3v) is 7.35. The smallest absolute Gasteiger partial charge is 0.264 e. The maximum absolute atomic E-state index is 13.2. The van der Waals surface area contributed by atoms with Crippen molar-refractivity contribution in [3.8, 4) is 11.1 Å². The van der Waals surface area contributed by atoms with Crippen LogP contribution in [0.4, 0.5) is 11.4 Å². The Balaban J connectivity index is 1.75. The molecule has 3 aromatic rings. The summed E-state index contributed by atoms with van der Waals surface area (Å²) < 4.78 is 27.2. The molecule has 2 N–H and O–H groups in total. The first kappa shape index (κ1) is 22.5. The summed E-state index contributed by atoms with van der Waals surface area (Å²) >= 11 is 0. The lowest BCUT2D eigenvalue weighted by molar-refractivity contribution is 0.0944. The maximum Gasteiger partial charge on any atom is 0.264 e. The topological polar surface area (TPSA) is 95.6 Å². The van der Waals surface area contributed by atoms with Crippen molar-refractivity contribution in [1.29, 1.82) is 0 Å². The van der Waals surface area contributed by atoms with Crippen molar-refractivity contribution in [3.63, 3.8) is 0 Å². The zero-order valence-corrected chi connectivity index (χ0v) is 19.7. The van der Waals surface area contributed by atoms with Crippen LogP contribution in [0.2, 0.25) is 0 Å². The van der Waals surface area contributed by atoms with E-state index in [1.807, 2.05) is 13.8 Å². The van der Waals surface area contributed by atoms with Crippen molar-refractivity contribution in [2.45, 2.75) is 31.7 Å². The number of rotatable bonds is 4. The standard InChI is InChI=1S/C25H25N3O4S/c1-15(2)26-25(30)19-10-5-7-11-21(19)27-24(29)17-13-16(3)23-20(14-17)18-9-6-8-12-22(18)33(31,32)28(23)4/h5-15H,1-4H3,(H,26,30)(H,27,29). The Hall–Kier alpha value is -3.65. The lowest BCUT2D eigenvalue weighted by Crippen LogP contribution is -2.31. The van der Waals surface area contributed by atoms with Crippen molar-refractivity contribution in [2.75, 3.05) is 16.7 Å². The molecule has 0 unspecified atom stereocenters. The van der Waals surface area contributed by atoms with Crippen LogP contribution >= 0.6 is 0 Å². The highest BCUT2D eigenvalue weighted by Gasteiger charge is 2.34. The van der Waals surface area contributed by atoms with Gasteiger partial charge in [0.2, 0.25) is 0 Å². The van der Waals surface area contributed by atoms with Gasteiger partial charge in [-0.1, -0.05) is 30.3 Å². The highest BCUT2D eigenvalue weighted by Crippen LogP contribution is 2.44. The van der Waals surface area contributed by atoms with E-state index < -0.39 is 10.0 Å². The van der Waals surface area contributed by atoms with Crippen molar-refractivity contribution in [3.05, 3.63) is 77.4 Å². The van der Waals surface area contributed by atoms with Crippen LogP contribution < -0.4 is 14.9 Å². The molecule has 0 aliphatic carbocycles. The first-order chi connectivity index (χ1) is 15.6. The monoisotopic (exact) mass is 463 g/mol. The molecule has 0 saturated heterocycles. The molecule has 8 heteroatoms. The summed E-state index contributed by atoms with van der Waals surface area (Å²) in [5.74, 6) is -0.664. The molecule has 3 aromatic carbocycles. The number of benzene rings is 3. The van der Waals surface area contributed by atoms with Gasteiger partial charge in [-0.2, -0.15) is 0 Å². The number of sulfonamides is 1. The number of nitrogens with zero attached hydrogens (tertiary/aromatic N) is 1. The van der Waals surface area contributed by atoms with Gasteiger partial charge in [0.1, 0.15) is 0 Å². The Bertz CT molecular complexity index is 1380. The molecule has 0 radical (unpaired) electrons. The molecule has 0 bridgehead atoms. The first-order valence-corrected chi connectivity index (χ1v) is 12.0. The zero-order valence-electron chi connectivity index (χ0n) is 18.8. The Kier molecular flexibility index (Phi) is 5.71. The number of carbonyl (C=O) groups is 2. The lowest BCUT2D eigenvalue weighted by atomic mass is 9.96. The van der Waals surface area contributed by atoms with E-state index in [0.717, 1.165) is 0 Å². The summed E-state index contributed by atoms with van der Waals surface area (Å²) in [6, 6.07) is 16.9. The molecule has 0 saturated carbocycles. The summed E-state index contributed by atoms with van der Waals surface area (Å²) in [6.07, 6.45) is 0. The quantitative estimate of drug-likeness (QED) is 0.606. The number of hydrogen-bond acceptors (Lipinski definition) is 4. The predicted octanol–water partition coefficient (Wildman–Crippen LogP) is 4.19. The molecular formula is C25H25N3O4S. The molecule has 1 aliphatic rings. The second-order valence-electron chi connectivity index (χ2n) is 8.29. The summed E-state index contributed by atoms with van der Waals surface area (Å²) in [4.78, 5) is 25.9. The van der Waals surface area contributed by atoms with Gasteiger partial charge in [0.25, 0.3) is 21.8 Å². The number of aryl methyl sites for hydroxylation is 1. The number of para-hydroxylation sites is 1. The number of nitrogens with one attached hydrogen (secondary N) is 2. The lowest BCUT2D eigenvalue weighted by Gasteiger charge is -2.31. The number of anilines is 2. The SMILES string of the molecule is Cc1cc(C(=O)Nc2ccccc2C(=O)NC(C)C)cc2c1N(C)S(=O)(=O)c1ccccc1-2. The normalized spacial score (nSPS) is 13.8. The largest absolute Gasteiger partial charge is 0.350 e. The molecule has 0 spiro atoms. The van der Waals surface area contributed by atoms with Gasteiger partial charge >= 0.3 is 0 Å². The van der Waals surface area contributed by atoms with E-state index in [1.54, 1.807) is 67.6 Å². The Labute approximate surface area is 193 Å². The minimum atomic E-state index is -3.68. The van der Waals surface area contributed by atoms with E-state index in [0.29, 0.717) is 39.2 Å². The number of hydrogen-bond donors (Lipinski definition) is 2. The molecule has 0 aromatic heterocycles. The van der Waals surface area contributed by atoms with E-state index in [2.05, 4.69) is 10.6 Å². The van der Waals surface area contributed by atoms with Gasteiger partial charge in [-0.25, -0.2) is 8.42 Å². The molecular weight excluding hydrogens is 438 g/mol. The van der Waals surface area contributed by atoms with Gasteiger partial charge in [-0.3, -0.25) is 13.9 Å². The second kappa shape index (κ2) is 8.37. The minimum Gasteiger partial charge on any atom is -0.350 e. The molecule has 1 heterocycles. The predicted molar refractivity (Wildman–Crippen MR) is 129 cm³/mol. The van der Waals surface area contributed by atoms with Gasteiger partial charge in [-0.15, -0.1) is 0 Å². The van der Waals surface area contributed by atoms with Crippen LogP contribution in [0, 0.1) is 6.92 Å². The number of amides is 2. The second-order valence-corrected chi connectivity index (χ2v) is 10.2. The van der Waals surface area contributed by atoms with Gasteiger partial charge < -0.3 is 10.6 Å². The highest BCUT2D eigenvalue weighted by molar-refractivity contribution is 7.93. The third kappa shape index (κ3) is 3.98. The average Bonchev–Trinajstić information content (AvgIpc) is 2.77. The van der Waals surface area contributed by atoms with Gasteiger partial charge in [0.05, 0.1) is 21.8 Å². The number of fused-ring (bicyclic) bond motifs is 3. The van der Waals surface area contributed by atoms with Crippen LogP contribution in [-0.4, -0.2) is 33.3 Å². The van der Waals surface area contributed by atoms with Gasteiger partial charge in [0, 0.05) is 29.8 Å². The fourth-order valence-electron chi connectivity index (χ4n) is 4.04. The minimum absolute atomic E-state index is 0.0436.